The summed E-state index contributed by atoms with van der Waals surface area (Å²) in [4.78, 5) is 8.64. The summed E-state index contributed by atoms with van der Waals surface area (Å²) in [5.74, 6) is 1.19. The van der Waals surface area contributed by atoms with E-state index in [4.69, 9.17) is 17.3 Å². The summed E-state index contributed by atoms with van der Waals surface area (Å²) >= 11 is 11.8. The van der Waals surface area contributed by atoms with Crippen LogP contribution in [0.1, 0.15) is 29.8 Å². The SMILES string of the molecule is Cc1c(Cl)cc(C(C)c2nc(Br)c3c(N)nccn23)c(O)c1I. The van der Waals surface area contributed by atoms with Crippen molar-refractivity contribution in [1.82, 2.24) is 14.4 Å². The predicted molar refractivity (Wildman–Crippen MR) is 103 cm³/mol. The molecule has 1 aromatic carbocycles. The summed E-state index contributed by atoms with van der Waals surface area (Å²) in [7, 11) is 0. The molecule has 3 N–H and O–H groups in total. The zero-order valence-corrected chi connectivity index (χ0v) is 16.8. The Morgan fingerprint density at radius 1 is 1.48 bits per heavy atom. The zero-order chi connectivity index (χ0) is 16.9. The molecule has 0 aliphatic heterocycles. The first kappa shape index (κ1) is 16.8. The van der Waals surface area contributed by atoms with Gasteiger partial charge in [0.25, 0.3) is 0 Å². The van der Waals surface area contributed by atoms with Gasteiger partial charge in [-0.25, -0.2) is 9.97 Å². The first-order chi connectivity index (χ1) is 10.8. The van der Waals surface area contributed by atoms with Gasteiger partial charge in [0.15, 0.2) is 5.82 Å². The maximum absolute atomic E-state index is 10.5. The van der Waals surface area contributed by atoms with Crippen molar-refractivity contribution >= 4 is 61.5 Å². The number of halogens is 3. The molecule has 0 aliphatic carbocycles. The highest BCUT2D eigenvalue weighted by atomic mass is 127. The van der Waals surface area contributed by atoms with E-state index in [9.17, 15) is 5.11 Å². The molecule has 8 heteroatoms. The number of anilines is 1. The van der Waals surface area contributed by atoms with E-state index in [1.54, 1.807) is 18.5 Å². The molecule has 0 fully saturated rings. The fraction of sp³-hybridized carbons (Fsp3) is 0.200. The van der Waals surface area contributed by atoms with Crippen LogP contribution in [0.25, 0.3) is 5.52 Å². The molecule has 2 heterocycles. The molecule has 0 bridgehead atoms. The van der Waals surface area contributed by atoms with Gasteiger partial charge in [0.1, 0.15) is 21.7 Å². The highest BCUT2D eigenvalue weighted by Crippen LogP contribution is 2.39. The summed E-state index contributed by atoms with van der Waals surface area (Å²) in [6.07, 6.45) is 3.42. The van der Waals surface area contributed by atoms with E-state index in [2.05, 4.69) is 48.5 Å². The summed E-state index contributed by atoms with van der Waals surface area (Å²) in [6, 6.07) is 1.79. The number of rotatable bonds is 2. The Bertz CT molecular complexity index is 928. The predicted octanol–water partition coefficient (Wildman–Crippen LogP) is 4.50. The molecule has 23 heavy (non-hydrogen) atoms. The lowest BCUT2D eigenvalue weighted by atomic mass is 9.98. The van der Waals surface area contributed by atoms with Gasteiger partial charge in [0, 0.05) is 28.9 Å². The number of aromatic hydroxyl groups is 1. The number of hydrogen-bond donors (Lipinski definition) is 2. The Kier molecular flexibility index (Phi) is 4.45. The fourth-order valence-corrected chi connectivity index (χ4v) is 4.09. The van der Waals surface area contributed by atoms with Gasteiger partial charge in [0.05, 0.1) is 3.57 Å². The van der Waals surface area contributed by atoms with Crippen molar-refractivity contribution < 1.29 is 5.11 Å². The number of hydrogen-bond acceptors (Lipinski definition) is 4. The van der Waals surface area contributed by atoms with E-state index in [0.29, 0.717) is 21.0 Å². The van der Waals surface area contributed by atoms with Gasteiger partial charge < -0.3 is 10.8 Å². The summed E-state index contributed by atoms with van der Waals surface area (Å²) in [6.45, 7) is 3.85. The molecule has 0 amide bonds. The van der Waals surface area contributed by atoms with Crippen molar-refractivity contribution in [2.24, 2.45) is 0 Å². The molecule has 2 aromatic heterocycles. The number of nitrogens with zero attached hydrogens (tertiary/aromatic N) is 3. The second-order valence-corrected chi connectivity index (χ2v) is 7.49. The van der Waals surface area contributed by atoms with E-state index in [1.165, 1.54) is 0 Å². The van der Waals surface area contributed by atoms with Gasteiger partial charge >= 0.3 is 0 Å². The lowest BCUT2D eigenvalue weighted by Gasteiger charge is -2.16. The van der Waals surface area contributed by atoms with E-state index in [1.807, 2.05) is 18.2 Å². The summed E-state index contributed by atoms with van der Waals surface area (Å²) in [5, 5.41) is 11.1. The number of phenolic OH excluding ortho intramolecular Hbond substituents is 1. The van der Waals surface area contributed by atoms with Crippen LogP contribution in [0.15, 0.2) is 23.1 Å². The highest BCUT2D eigenvalue weighted by molar-refractivity contribution is 14.1. The molecule has 120 valence electrons. The zero-order valence-electron chi connectivity index (χ0n) is 12.3. The molecule has 0 spiro atoms. The number of imidazole rings is 1. The minimum absolute atomic E-state index is 0.179. The van der Waals surface area contributed by atoms with Crippen molar-refractivity contribution in [3.05, 3.63) is 48.6 Å². The second-order valence-electron chi connectivity index (χ2n) is 5.25. The fourth-order valence-electron chi connectivity index (χ4n) is 2.54. The van der Waals surface area contributed by atoms with Crippen LogP contribution in [-0.4, -0.2) is 19.5 Å². The average molecular weight is 508 g/mol. The van der Waals surface area contributed by atoms with Crippen LogP contribution in [0.5, 0.6) is 5.75 Å². The lowest BCUT2D eigenvalue weighted by molar-refractivity contribution is 0.460. The third kappa shape index (κ3) is 2.68. The van der Waals surface area contributed by atoms with Crippen LogP contribution in [0.3, 0.4) is 0 Å². The minimum atomic E-state index is -0.179. The molecular weight excluding hydrogens is 494 g/mol. The van der Waals surface area contributed by atoms with Gasteiger partial charge in [0.2, 0.25) is 0 Å². The number of nitrogens with two attached hydrogens (primary N) is 1. The van der Waals surface area contributed by atoms with Gasteiger partial charge in [-0.3, -0.25) is 4.40 Å². The first-order valence-electron chi connectivity index (χ1n) is 6.78. The van der Waals surface area contributed by atoms with Crippen LogP contribution in [-0.2, 0) is 0 Å². The van der Waals surface area contributed by atoms with Gasteiger partial charge in [-0.15, -0.1) is 0 Å². The number of aromatic nitrogens is 3. The van der Waals surface area contributed by atoms with Crippen molar-refractivity contribution in [2.45, 2.75) is 19.8 Å². The number of fused-ring (bicyclic) bond motifs is 1. The van der Waals surface area contributed by atoms with Gasteiger partial charge in [-0.05, 0) is 57.1 Å². The topological polar surface area (TPSA) is 76.4 Å². The third-order valence-corrected chi connectivity index (χ3v) is 6.14. The quantitative estimate of drug-likeness (QED) is 0.501. The van der Waals surface area contributed by atoms with Crippen molar-refractivity contribution in [3.63, 3.8) is 0 Å². The maximum Gasteiger partial charge on any atom is 0.150 e. The van der Waals surface area contributed by atoms with E-state index < -0.39 is 0 Å². The number of phenols is 1. The molecular formula is C15H13BrClIN4O. The van der Waals surface area contributed by atoms with E-state index in [0.717, 1.165) is 20.5 Å². The Morgan fingerprint density at radius 3 is 2.87 bits per heavy atom. The van der Waals surface area contributed by atoms with Crippen LogP contribution in [0.4, 0.5) is 5.82 Å². The number of nitrogen functional groups attached to an aromatic ring is 1. The second kappa shape index (κ2) is 6.10. The molecule has 3 aromatic rings. The van der Waals surface area contributed by atoms with E-state index >= 15 is 0 Å². The molecule has 0 aliphatic rings. The number of benzene rings is 1. The molecule has 5 nitrogen and oxygen atoms in total. The van der Waals surface area contributed by atoms with Gasteiger partial charge in [-0.2, -0.15) is 0 Å². The van der Waals surface area contributed by atoms with Crippen LogP contribution in [0, 0.1) is 10.5 Å². The molecule has 1 unspecified atom stereocenters. The normalized spacial score (nSPS) is 12.7. The standard InChI is InChI=1S/C15H13BrClIN4O/c1-6(8-5-9(17)7(2)10(18)12(8)23)15-21-13(16)11-14(19)20-3-4-22(11)15/h3-6,23H,1-2H3,(H2,19,20). The first-order valence-corrected chi connectivity index (χ1v) is 9.03. The van der Waals surface area contributed by atoms with Crippen LogP contribution >= 0.6 is 50.1 Å². The monoisotopic (exact) mass is 506 g/mol. The van der Waals surface area contributed by atoms with Gasteiger partial charge in [-0.1, -0.05) is 18.5 Å². The Hall–Kier alpha value is -1.06. The Balaban J connectivity index is 2.23. The summed E-state index contributed by atoms with van der Waals surface area (Å²) in [5.41, 5.74) is 8.23. The van der Waals surface area contributed by atoms with Crippen LogP contribution in [0.2, 0.25) is 5.02 Å². The van der Waals surface area contributed by atoms with Crippen molar-refractivity contribution in [1.29, 1.82) is 0 Å². The van der Waals surface area contributed by atoms with Crippen molar-refractivity contribution in [2.75, 3.05) is 5.73 Å². The van der Waals surface area contributed by atoms with Crippen molar-refractivity contribution in [3.8, 4) is 5.75 Å². The molecule has 1 atom stereocenters. The van der Waals surface area contributed by atoms with Crippen LogP contribution < -0.4 is 5.73 Å². The largest absolute Gasteiger partial charge is 0.507 e. The molecule has 3 rings (SSSR count). The summed E-state index contributed by atoms with van der Waals surface area (Å²) < 4.78 is 3.24. The Morgan fingerprint density at radius 2 is 2.17 bits per heavy atom. The molecule has 0 radical (unpaired) electrons. The average Bonchev–Trinajstić information content (AvgIpc) is 2.86. The maximum atomic E-state index is 10.5. The Labute approximate surface area is 160 Å². The highest BCUT2D eigenvalue weighted by Gasteiger charge is 2.23. The lowest BCUT2D eigenvalue weighted by Crippen LogP contribution is -2.05. The smallest absolute Gasteiger partial charge is 0.150 e. The van der Waals surface area contributed by atoms with E-state index in [-0.39, 0.29) is 11.7 Å². The molecule has 0 saturated carbocycles. The third-order valence-electron chi connectivity index (χ3n) is 3.87. The molecule has 0 saturated heterocycles. The minimum Gasteiger partial charge on any atom is -0.507 e.